The van der Waals surface area contributed by atoms with E-state index < -0.39 is 5.24 Å². The molecule has 0 aromatic carbocycles. The van der Waals surface area contributed by atoms with Crippen LogP contribution in [0.4, 0.5) is 0 Å². The van der Waals surface area contributed by atoms with Gasteiger partial charge in [0, 0.05) is 12.3 Å². The van der Waals surface area contributed by atoms with Crippen LogP contribution in [0, 0.1) is 17.3 Å². The Labute approximate surface area is 138 Å². The fraction of sp³-hybridized carbons (Fsp3) is 0.667. The highest BCUT2D eigenvalue weighted by atomic mass is 35.5. The lowest BCUT2D eigenvalue weighted by atomic mass is 9.77. The van der Waals surface area contributed by atoms with Gasteiger partial charge in [0.2, 0.25) is 5.24 Å². The molecular formula is C18H27ClO3. The van der Waals surface area contributed by atoms with Gasteiger partial charge in [-0.2, -0.15) is 0 Å². The second-order valence-electron chi connectivity index (χ2n) is 6.75. The van der Waals surface area contributed by atoms with E-state index in [0.717, 1.165) is 6.42 Å². The molecule has 1 aliphatic rings. The zero-order valence-electron chi connectivity index (χ0n) is 14.2. The summed E-state index contributed by atoms with van der Waals surface area (Å²) in [6.07, 6.45) is 7.59. The van der Waals surface area contributed by atoms with Crippen molar-refractivity contribution >= 4 is 22.8 Å². The van der Waals surface area contributed by atoms with Gasteiger partial charge in [0.15, 0.2) is 0 Å². The van der Waals surface area contributed by atoms with E-state index >= 15 is 0 Å². The Morgan fingerprint density at radius 3 is 2.55 bits per heavy atom. The highest BCUT2D eigenvalue weighted by Gasteiger charge is 2.33. The number of rotatable bonds is 7. The van der Waals surface area contributed by atoms with E-state index in [1.54, 1.807) is 0 Å². The number of halogens is 1. The van der Waals surface area contributed by atoms with Gasteiger partial charge in [0.25, 0.3) is 0 Å². The molecule has 1 aliphatic carbocycles. The molecular weight excluding hydrogens is 300 g/mol. The van der Waals surface area contributed by atoms with Crippen LogP contribution in [0.1, 0.15) is 53.9 Å². The van der Waals surface area contributed by atoms with Crippen molar-refractivity contribution < 1.29 is 14.3 Å². The number of carbonyl (C=O) groups is 2. The predicted molar refractivity (Wildman–Crippen MR) is 89.6 cm³/mol. The van der Waals surface area contributed by atoms with Crippen molar-refractivity contribution in [2.24, 2.45) is 17.3 Å². The van der Waals surface area contributed by atoms with Crippen LogP contribution >= 0.6 is 11.6 Å². The van der Waals surface area contributed by atoms with Crippen LogP contribution in [0.2, 0.25) is 0 Å². The molecule has 3 nitrogen and oxygen atoms in total. The molecule has 0 saturated heterocycles. The first-order valence-electron chi connectivity index (χ1n) is 7.88. The minimum atomic E-state index is -0.510. The molecule has 3 atom stereocenters. The Morgan fingerprint density at radius 1 is 1.41 bits per heavy atom. The number of allylic oxidation sites excluding steroid dienone is 3. The number of hydrogen-bond donors (Lipinski definition) is 0. The van der Waals surface area contributed by atoms with Gasteiger partial charge >= 0.3 is 5.97 Å². The molecule has 124 valence electrons. The summed E-state index contributed by atoms with van der Waals surface area (Å²) >= 11 is 5.22. The smallest absolute Gasteiger partial charge is 0.306 e. The highest BCUT2D eigenvalue weighted by molar-refractivity contribution is 6.63. The second-order valence-corrected chi connectivity index (χ2v) is 7.17. The summed E-state index contributed by atoms with van der Waals surface area (Å²) in [5.41, 5.74) is 1.62. The van der Waals surface area contributed by atoms with Gasteiger partial charge in [0.1, 0.15) is 6.10 Å². The lowest BCUT2D eigenvalue weighted by Crippen LogP contribution is -2.22. The van der Waals surface area contributed by atoms with Gasteiger partial charge in [-0.1, -0.05) is 44.6 Å². The topological polar surface area (TPSA) is 43.4 Å². The van der Waals surface area contributed by atoms with Gasteiger partial charge in [-0.3, -0.25) is 9.59 Å². The molecule has 0 saturated carbocycles. The molecule has 0 aromatic heterocycles. The molecule has 22 heavy (non-hydrogen) atoms. The molecule has 0 spiro atoms. The summed E-state index contributed by atoms with van der Waals surface area (Å²) < 4.78 is 5.34. The Balaban J connectivity index is 2.47. The SMILES string of the molecule is CC1=CCC(/C=C/C(C)C(C)OC(=O)CCC(=O)Cl)C1(C)C. The monoisotopic (exact) mass is 326 g/mol. The highest BCUT2D eigenvalue weighted by Crippen LogP contribution is 2.43. The zero-order valence-corrected chi connectivity index (χ0v) is 14.9. The molecule has 0 aromatic rings. The standard InChI is InChI=1S/C18H27ClO3/c1-12(14(3)22-17(21)11-10-16(19)20)6-8-15-9-7-13(2)18(15,4)5/h6-8,12,14-15H,9-11H2,1-5H3/b8-6+. The number of ether oxygens (including phenoxy) is 1. The van der Waals surface area contributed by atoms with Crippen molar-refractivity contribution in [1.82, 2.24) is 0 Å². The Bertz CT molecular complexity index is 477. The molecule has 0 heterocycles. The maximum atomic E-state index is 11.6. The first-order valence-corrected chi connectivity index (χ1v) is 8.25. The fourth-order valence-corrected chi connectivity index (χ4v) is 2.61. The third-order valence-corrected chi connectivity index (χ3v) is 5.04. The van der Waals surface area contributed by atoms with E-state index in [1.165, 1.54) is 5.57 Å². The Hall–Kier alpha value is -1.09. The van der Waals surface area contributed by atoms with Crippen molar-refractivity contribution in [2.75, 3.05) is 0 Å². The van der Waals surface area contributed by atoms with Crippen LogP contribution in [-0.2, 0) is 14.3 Å². The van der Waals surface area contributed by atoms with Crippen molar-refractivity contribution in [3.8, 4) is 0 Å². The first kappa shape index (κ1) is 19.0. The summed E-state index contributed by atoms with van der Waals surface area (Å²) in [4.78, 5) is 22.2. The summed E-state index contributed by atoms with van der Waals surface area (Å²) in [7, 11) is 0. The quantitative estimate of drug-likeness (QED) is 0.388. The number of carbonyl (C=O) groups excluding carboxylic acids is 2. The van der Waals surface area contributed by atoms with E-state index in [-0.39, 0.29) is 36.2 Å². The third kappa shape index (κ3) is 5.28. The Kier molecular flexibility index (Phi) is 6.86. The van der Waals surface area contributed by atoms with Crippen LogP contribution in [0.3, 0.4) is 0 Å². The second kappa shape index (κ2) is 7.96. The van der Waals surface area contributed by atoms with E-state index in [4.69, 9.17) is 16.3 Å². The molecule has 1 rings (SSSR count). The molecule has 3 unspecified atom stereocenters. The maximum absolute atomic E-state index is 11.6. The minimum absolute atomic E-state index is 0.0263. The summed E-state index contributed by atoms with van der Waals surface area (Å²) in [5.74, 6) is 0.250. The summed E-state index contributed by atoms with van der Waals surface area (Å²) in [6, 6.07) is 0. The van der Waals surface area contributed by atoms with Crippen LogP contribution in [0.25, 0.3) is 0 Å². The van der Waals surface area contributed by atoms with Gasteiger partial charge in [-0.15, -0.1) is 0 Å². The minimum Gasteiger partial charge on any atom is -0.462 e. The molecule has 0 N–H and O–H groups in total. The van der Waals surface area contributed by atoms with E-state index in [9.17, 15) is 9.59 Å². The Morgan fingerprint density at radius 2 is 2.05 bits per heavy atom. The molecule has 0 bridgehead atoms. The fourth-order valence-electron chi connectivity index (χ4n) is 2.51. The third-order valence-electron chi connectivity index (χ3n) is 4.85. The van der Waals surface area contributed by atoms with Gasteiger partial charge < -0.3 is 4.74 Å². The number of hydrogen-bond acceptors (Lipinski definition) is 3. The lowest BCUT2D eigenvalue weighted by Gasteiger charge is -2.28. The van der Waals surface area contributed by atoms with Crippen molar-refractivity contribution in [3.05, 3.63) is 23.8 Å². The average Bonchev–Trinajstić information content (AvgIpc) is 2.68. The largest absolute Gasteiger partial charge is 0.462 e. The van der Waals surface area contributed by atoms with Crippen LogP contribution in [0.15, 0.2) is 23.8 Å². The molecule has 0 radical (unpaired) electrons. The average molecular weight is 327 g/mol. The molecule has 0 amide bonds. The van der Waals surface area contributed by atoms with E-state index in [1.807, 2.05) is 13.8 Å². The van der Waals surface area contributed by atoms with Crippen molar-refractivity contribution in [1.29, 1.82) is 0 Å². The van der Waals surface area contributed by atoms with Gasteiger partial charge in [-0.05, 0) is 43.2 Å². The normalized spacial score (nSPS) is 23.2. The maximum Gasteiger partial charge on any atom is 0.306 e. The molecule has 0 aliphatic heterocycles. The van der Waals surface area contributed by atoms with Crippen molar-refractivity contribution in [2.45, 2.75) is 60.0 Å². The first-order chi connectivity index (χ1) is 10.1. The lowest BCUT2D eigenvalue weighted by molar-refractivity contribution is -0.150. The summed E-state index contributed by atoms with van der Waals surface area (Å²) in [5, 5.41) is -0.510. The number of esters is 1. The van der Waals surface area contributed by atoms with E-state index in [2.05, 4.69) is 39.0 Å². The molecule has 4 heteroatoms. The van der Waals surface area contributed by atoms with Crippen LogP contribution in [-0.4, -0.2) is 17.3 Å². The summed E-state index contributed by atoms with van der Waals surface area (Å²) in [6.45, 7) is 10.6. The predicted octanol–water partition coefficient (Wildman–Crippen LogP) is 4.65. The van der Waals surface area contributed by atoms with Crippen LogP contribution in [0.5, 0.6) is 0 Å². The van der Waals surface area contributed by atoms with Gasteiger partial charge in [0.05, 0.1) is 6.42 Å². The van der Waals surface area contributed by atoms with E-state index in [0.29, 0.717) is 5.92 Å². The van der Waals surface area contributed by atoms with Crippen molar-refractivity contribution in [3.63, 3.8) is 0 Å². The van der Waals surface area contributed by atoms with Crippen LogP contribution < -0.4 is 0 Å². The molecule has 0 fully saturated rings. The van der Waals surface area contributed by atoms with Gasteiger partial charge in [-0.25, -0.2) is 0 Å². The zero-order chi connectivity index (χ0) is 16.9.